The fourth-order valence-electron chi connectivity index (χ4n) is 4.07. The number of rotatable bonds is 7. The third-order valence-corrected chi connectivity index (χ3v) is 5.88. The highest BCUT2D eigenvalue weighted by atomic mass is 16.5. The number of piperazine rings is 1. The molecule has 166 valence electrons. The van der Waals surface area contributed by atoms with E-state index in [0.717, 1.165) is 42.4 Å². The van der Waals surface area contributed by atoms with Gasteiger partial charge in [-0.25, -0.2) is 0 Å². The summed E-state index contributed by atoms with van der Waals surface area (Å²) in [6, 6.07) is 22.2. The minimum absolute atomic E-state index is 0.0994. The van der Waals surface area contributed by atoms with E-state index in [4.69, 9.17) is 9.47 Å². The molecule has 32 heavy (non-hydrogen) atoms. The lowest BCUT2D eigenvalue weighted by molar-refractivity contribution is -0.132. The third kappa shape index (κ3) is 5.26. The monoisotopic (exact) mass is 431 g/mol. The maximum atomic E-state index is 12.1. The van der Waals surface area contributed by atoms with E-state index in [-0.39, 0.29) is 11.9 Å². The number of hydrogen-bond donors (Lipinski definition) is 0. The van der Waals surface area contributed by atoms with E-state index in [9.17, 15) is 4.79 Å². The first-order chi connectivity index (χ1) is 15.6. The lowest BCUT2D eigenvalue weighted by Gasteiger charge is -2.41. The molecule has 3 aromatic rings. The quantitative estimate of drug-likeness (QED) is 0.564. The molecule has 1 fully saturated rings. The van der Waals surface area contributed by atoms with Crippen LogP contribution < -0.4 is 9.47 Å². The number of methoxy groups -OCH3 is 1. The van der Waals surface area contributed by atoms with Gasteiger partial charge < -0.3 is 14.4 Å². The molecule has 1 saturated heterocycles. The molecule has 0 spiro atoms. The van der Waals surface area contributed by atoms with Crippen molar-refractivity contribution in [3.8, 4) is 11.5 Å². The second kappa shape index (κ2) is 10.3. The maximum Gasteiger partial charge on any atom is 0.219 e. The highest BCUT2D eigenvalue weighted by Gasteiger charge is 2.30. The molecule has 1 atom stereocenters. The molecule has 4 rings (SSSR count). The van der Waals surface area contributed by atoms with Crippen LogP contribution in [0, 0.1) is 0 Å². The molecule has 6 nitrogen and oxygen atoms in total. The minimum atomic E-state index is 0.0994. The number of amides is 1. The Kier molecular flexibility index (Phi) is 7.02. The van der Waals surface area contributed by atoms with Crippen LogP contribution in [-0.4, -0.2) is 47.4 Å². The average molecular weight is 432 g/mol. The summed E-state index contributed by atoms with van der Waals surface area (Å²) in [5, 5.41) is 0. The van der Waals surface area contributed by atoms with Gasteiger partial charge in [-0.3, -0.25) is 14.7 Å². The largest absolute Gasteiger partial charge is 0.497 e. The Hall–Kier alpha value is -3.38. The van der Waals surface area contributed by atoms with E-state index in [1.54, 1.807) is 20.2 Å². The second-order valence-corrected chi connectivity index (χ2v) is 7.94. The standard InChI is InChI=1S/C26H29N3O3/c1-20(30)28-15-16-29(25(18-28)21-10-12-24(31-2)13-11-21)17-22-7-3-4-9-26(22)32-19-23-8-5-6-14-27-23/h3-14,25H,15-19H2,1-2H3/t25-/m0/s1. The molecular weight excluding hydrogens is 402 g/mol. The average Bonchev–Trinajstić information content (AvgIpc) is 2.84. The van der Waals surface area contributed by atoms with Crippen LogP contribution in [0.5, 0.6) is 11.5 Å². The second-order valence-electron chi connectivity index (χ2n) is 7.94. The van der Waals surface area contributed by atoms with E-state index >= 15 is 0 Å². The maximum absolute atomic E-state index is 12.1. The Morgan fingerprint density at radius 3 is 2.53 bits per heavy atom. The summed E-state index contributed by atoms with van der Waals surface area (Å²) in [6.07, 6.45) is 1.78. The van der Waals surface area contributed by atoms with Gasteiger partial charge in [0.25, 0.3) is 0 Å². The third-order valence-electron chi connectivity index (χ3n) is 5.88. The predicted molar refractivity (Wildman–Crippen MR) is 123 cm³/mol. The molecule has 6 heteroatoms. The van der Waals surface area contributed by atoms with Gasteiger partial charge in [0.1, 0.15) is 18.1 Å². The molecule has 1 amide bonds. The van der Waals surface area contributed by atoms with Crippen molar-refractivity contribution >= 4 is 5.91 Å². The molecule has 0 N–H and O–H groups in total. The summed E-state index contributed by atoms with van der Waals surface area (Å²) in [7, 11) is 1.67. The molecule has 2 heterocycles. The van der Waals surface area contributed by atoms with Gasteiger partial charge in [-0.1, -0.05) is 36.4 Å². The Bertz CT molecular complexity index is 1020. The summed E-state index contributed by atoms with van der Waals surface area (Å²) in [5.74, 6) is 1.80. The van der Waals surface area contributed by atoms with Gasteiger partial charge in [0, 0.05) is 44.9 Å². The molecule has 1 aromatic heterocycles. The van der Waals surface area contributed by atoms with Gasteiger partial charge >= 0.3 is 0 Å². The molecule has 0 aliphatic carbocycles. The summed E-state index contributed by atoms with van der Waals surface area (Å²) in [5.41, 5.74) is 3.19. The zero-order chi connectivity index (χ0) is 22.3. The van der Waals surface area contributed by atoms with Crippen molar-refractivity contribution in [1.29, 1.82) is 0 Å². The Labute approximate surface area is 189 Å². The lowest BCUT2D eigenvalue weighted by Crippen LogP contribution is -2.49. The zero-order valence-electron chi connectivity index (χ0n) is 18.6. The number of aromatic nitrogens is 1. The summed E-state index contributed by atoms with van der Waals surface area (Å²) >= 11 is 0. The fraction of sp³-hybridized carbons (Fsp3) is 0.308. The highest BCUT2D eigenvalue weighted by Crippen LogP contribution is 2.31. The van der Waals surface area contributed by atoms with Gasteiger partial charge in [-0.05, 0) is 35.9 Å². The molecule has 0 unspecified atom stereocenters. The van der Waals surface area contributed by atoms with Crippen molar-refractivity contribution in [3.63, 3.8) is 0 Å². The van der Waals surface area contributed by atoms with Crippen molar-refractivity contribution in [2.24, 2.45) is 0 Å². The highest BCUT2D eigenvalue weighted by molar-refractivity contribution is 5.73. The van der Waals surface area contributed by atoms with Crippen LogP contribution in [0.15, 0.2) is 72.9 Å². The van der Waals surface area contributed by atoms with E-state index in [2.05, 4.69) is 28.1 Å². The summed E-state index contributed by atoms with van der Waals surface area (Å²) < 4.78 is 11.4. The van der Waals surface area contributed by atoms with Crippen molar-refractivity contribution < 1.29 is 14.3 Å². The van der Waals surface area contributed by atoms with E-state index in [1.807, 2.05) is 53.4 Å². The summed E-state index contributed by atoms with van der Waals surface area (Å²) in [4.78, 5) is 20.8. The number of pyridine rings is 1. The Morgan fingerprint density at radius 2 is 1.81 bits per heavy atom. The van der Waals surface area contributed by atoms with Crippen LogP contribution in [0.3, 0.4) is 0 Å². The number of carbonyl (C=O) groups excluding carboxylic acids is 1. The predicted octanol–water partition coefficient (Wildman–Crippen LogP) is 4.07. The Balaban J connectivity index is 1.54. The number of carbonyl (C=O) groups is 1. The van der Waals surface area contributed by atoms with Gasteiger partial charge in [0.05, 0.1) is 18.8 Å². The fourth-order valence-corrected chi connectivity index (χ4v) is 4.07. The van der Waals surface area contributed by atoms with Crippen LogP contribution in [0.4, 0.5) is 0 Å². The van der Waals surface area contributed by atoms with Crippen LogP contribution in [0.25, 0.3) is 0 Å². The number of nitrogens with zero attached hydrogens (tertiary/aromatic N) is 3. The molecule has 1 aliphatic heterocycles. The minimum Gasteiger partial charge on any atom is -0.497 e. The summed E-state index contributed by atoms with van der Waals surface area (Å²) in [6.45, 7) is 4.99. The number of benzene rings is 2. The number of ether oxygens (including phenoxy) is 2. The molecule has 0 radical (unpaired) electrons. The Morgan fingerprint density at radius 1 is 1.03 bits per heavy atom. The van der Waals surface area contributed by atoms with E-state index in [1.165, 1.54) is 5.56 Å². The molecule has 0 bridgehead atoms. The molecular formula is C26H29N3O3. The van der Waals surface area contributed by atoms with Crippen molar-refractivity contribution in [3.05, 3.63) is 89.7 Å². The van der Waals surface area contributed by atoms with Crippen molar-refractivity contribution in [2.75, 3.05) is 26.7 Å². The zero-order valence-corrected chi connectivity index (χ0v) is 18.6. The van der Waals surface area contributed by atoms with Crippen molar-refractivity contribution in [1.82, 2.24) is 14.8 Å². The van der Waals surface area contributed by atoms with Gasteiger partial charge in [0.2, 0.25) is 5.91 Å². The molecule has 0 saturated carbocycles. The topological polar surface area (TPSA) is 54.9 Å². The lowest BCUT2D eigenvalue weighted by atomic mass is 10.0. The van der Waals surface area contributed by atoms with Gasteiger partial charge in [-0.2, -0.15) is 0 Å². The normalized spacial score (nSPS) is 16.6. The van der Waals surface area contributed by atoms with Gasteiger partial charge in [0.15, 0.2) is 0 Å². The first kappa shape index (κ1) is 21.8. The molecule has 1 aliphatic rings. The smallest absolute Gasteiger partial charge is 0.219 e. The first-order valence-electron chi connectivity index (χ1n) is 10.9. The van der Waals surface area contributed by atoms with Gasteiger partial charge in [-0.15, -0.1) is 0 Å². The number of hydrogen-bond acceptors (Lipinski definition) is 5. The molecule has 2 aromatic carbocycles. The van der Waals surface area contributed by atoms with Crippen LogP contribution in [0.1, 0.15) is 29.8 Å². The number of para-hydroxylation sites is 1. The van der Waals surface area contributed by atoms with Crippen molar-refractivity contribution in [2.45, 2.75) is 26.1 Å². The van der Waals surface area contributed by atoms with E-state index in [0.29, 0.717) is 13.2 Å². The van der Waals surface area contributed by atoms with Crippen LogP contribution in [-0.2, 0) is 17.9 Å². The van der Waals surface area contributed by atoms with Crippen LogP contribution >= 0.6 is 0 Å². The van der Waals surface area contributed by atoms with E-state index < -0.39 is 0 Å². The first-order valence-corrected chi connectivity index (χ1v) is 10.9. The van der Waals surface area contributed by atoms with Crippen LogP contribution in [0.2, 0.25) is 0 Å². The SMILES string of the molecule is COc1ccc([C@@H]2CN(C(C)=O)CCN2Cc2ccccc2OCc2ccccn2)cc1.